The number of carbonyl (C=O) groups is 1. The fraction of sp³-hybridized carbons (Fsp3) is 0.222. The van der Waals surface area contributed by atoms with Gasteiger partial charge in [-0.3, -0.25) is 4.79 Å². The fourth-order valence-electron chi connectivity index (χ4n) is 2.09. The Morgan fingerprint density at radius 3 is 2.39 bits per heavy atom. The maximum atomic E-state index is 11.2. The van der Waals surface area contributed by atoms with Gasteiger partial charge in [0.25, 0.3) is 0 Å². The van der Waals surface area contributed by atoms with E-state index < -0.39 is 0 Å². The number of esters is 1. The lowest BCUT2D eigenvalue weighted by atomic mass is 10.1. The number of nitrogens with one attached hydrogen (secondary N) is 2. The van der Waals surface area contributed by atoms with Gasteiger partial charge in [0.2, 0.25) is 0 Å². The van der Waals surface area contributed by atoms with E-state index in [2.05, 4.69) is 27.5 Å². The van der Waals surface area contributed by atoms with Crippen LogP contribution < -0.4 is 10.6 Å². The van der Waals surface area contributed by atoms with Gasteiger partial charge in [-0.1, -0.05) is 42.5 Å². The molecule has 0 aliphatic carbocycles. The Morgan fingerprint density at radius 2 is 1.74 bits per heavy atom. The van der Waals surface area contributed by atoms with Crippen molar-refractivity contribution in [1.82, 2.24) is 5.32 Å². The van der Waals surface area contributed by atoms with Gasteiger partial charge in [-0.05, 0) is 41.9 Å². The number of ether oxygens (including phenoxy) is 1. The molecule has 120 valence electrons. The number of rotatable bonds is 6. The molecule has 0 radical (unpaired) electrons. The summed E-state index contributed by atoms with van der Waals surface area (Å²) in [5.41, 5.74) is 3.07. The van der Waals surface area contributed by atoms with Crippen molar-refractivity contribution in [2.75, 3.05) is 19.0 Å². The molecule has 0 amide bonds. The van der Waals surface area contributed by atoms with Crippen molar-refractivity contribution >= 4 is 29.0 Å². The minimum absolute atomic E-state index is 0.246. The maximum absolute atomic E-state index is 11.2. The second-order valence-electron chi connectivity index (χ2n) is 5.07. The number of hydrogen-bond donors (Lipinski definition) is 2. The Bertz CT molecular complexity index is 642. The van der Waals surface area contributed by atoms with Crippen LogP contribution in [-0.4, -0.2) is 24.7 Å². The van der Waals surface area contributed by atoms with E-state index in [1.54, 1.807) is 0 Å². The summed E-state index contributed by atoms with van der Waals surface area (Å²) in [4.78, 5) is 11.2. The second-order valence-corrected chi connectivity index (χ2v) is 5.47. The molecule has 0 atom stereocenters. The van der Waals surface area contributed by atoms with Crippen molar-refractivity contribution in [2.45, 2.75) is 12.8 Å². The Hall–Kier alpha value is -2.40. The summed E-state index contributed by atoms with van der Waals surface area (Å²) in [5, 5.41) is 6.89. The normalized spacial score (nSPS) is 9.96. The van der Waals surface area contributed by atoms with Gasteiger partial charge >= 0.3 is 5.97 Å². The first-order chi connectivity index (χ1) is 11.2. The van der Waals surface area contributed by atoms with Gasteiger partial charge in [0.05, 0.1) is 13.5 Å². The summed E-state index contributed by atoms with van der Waals surface area (Å²) >= 11 is 5.28. The third-order valence-electron chi connectivity index (χ3n) is 3.33. The van der Waals surface area contributed by atoms with Crippen LogP contribution in [0.5, 0.6) is 0 Å². The van der Waals surface area contributed by atoms with Crippen molar-refractivity contribution in [3.05, 3.63) is 65.7 Å². The molecule has 2 aromatic rings. The predicted molar refractivity (Wildman–Crippen MR) is 96.5 cm³/mol. The molecule has 0 unspecified atom stereocenters. The average Bonchev–Trinajstić information content (AvgIpc) is 2.57. The van der Waals surface area contributed by atoms with E-state index in [0.717, 1.165) is 24.2 Å². The molecular weight excluding hydrogens is 308 g/mol. The highest BCUT2D eigenvalue weighted by Crippen LogP contribution is 2.10. The first kappa shape index (κ1) is 17.0. The van der Waals surface area contributed by atoms with Crippen molar-refractivity contribution in [2.24, 2.45) is 0 Å². The zero-order valence-corrected chi connectivity index (χ0v) is 13.9. The first-order valence-electron chi connectivity index (χ1n) is 7.42. The Morgan fingerprint density at radius 1 is 1.04 bits per heavy atom. The summed E-state index contributed by atoms with van der Waals surface area (Å²) in [5.74, 6) is -0.246. The molecule has 4 nitrogen and oxygen atoms in total. The minimum Gasteiger partial charge on any atom is -0.469 e. The minimum atomic E-state index is -0.246. The lowest BCUT2D eigenvalue weighted by Gasteiger charge is -2.11. The van der Waals surface area contributed by atoms with Crippen LogP contribution in [0.3, 0.4) is 0 Å². The van der Waals surface area contributed by atoms with E-state index in [1.807, 2.05) is 42.5 Å². The maximum Gasteiger partial charge on any atom is 0.309 e. The fourth-order valence-corrected chi connectivity index (χ4v) is 2.31. The number of thiocarbonyl (C=S) groups is 1. The van der Waals surface area contributed by atoms with Gasteiger partial charge in [-0.2, -0.15) is 0 Å². The van der Waals surface area contributed by atoms with Crippen LogP contribution >= 0.6 is 12.2 Å². The molecule has 0 heterocycles. The first-order valence-corrected chi connectivity index (χ1v) is 7.83. The highest BCUT2D eigenvalue weighted by Gasteiger charge is 2.03. The third kappa shape index (κ3) is 6.08. The molecule has 23 heavy (non-hydrogen) atoms. The van der Waals surface area contributed by atoms with Gasteiger partial charge in [-0.15, -0.1) is 0 Å². The van der Waals surface area contributed by atoms with E-state index in [4.69, 9.17) is 12.2 Å². The lowest BCUT2D eigenvalue weighted by molar-refractivity contribution is -0.139. The molecule has 0 fully saturated rings. The molecule has 0 spiro atoms. The van der Waals surface area contributed by atoms with Gasteiger partial charge in [0.1, 0.15) is 0 Å². The van der Waals surface area contributed by atoms with Crippen LogP contribution in [0.2, 0.25) is 0 Å². The Labute approximate surface area is 141 Å². The number of benzene rings is 2. The molecule has 0 aliphatic heterocycles. The summed E-state index contributed by atoms with van der Waals surface area (Å²) in [6.07, 6.45) is 1.19. The quantitative estimate of drug-likeness (QED) is 0.631. The van der Waals surface area contributed by atoms with Crippen LogP contribution in [0.1, 0.15) is 11.1 Å². The van der Waals surface area contributed by atoms with Crippen molar-refractivity contribution in [3.8, 4) is 0 Å². The van der Waals surface area contributed by atoms with E-state index in [-0.39, 0.29) is 12.4 Å². The lowest BCUT2D eigenvalue weighted by Crippen LogP contribution is -2.30. The zero-order chi connectivity index (χ0) is 16.5. The van der Waals surface area contributed by atoms with Gasteiger partial charge < -0.3 is 15.4 Å². The Kier molecular flexibility index (Phi) is 6.56. The average molecular weight is 328 g/mol. The van der Waals surface area contributed by atoms with Crippen molar-refractivity contribution in [1.29, 1.82) is 0 Å². The topological polar surface area (TPSA) is 50.4 Å². The van der Waals surface area contributed by atoms with Crippen molar-refractivity contribution < 1.29 is 9.53 Å². The second kappa shape index (κ2) is 8.90. The molecule has 0 aromatic heterocycles. The van der Waals surface area contributed by atoms with Gasteiger partial charge in [-0.25, -0.2) is 0 Å². The number of methoxy groups -OCH3 is 1. The standard InChI is InChI=1S/C18H20N2O2S/c1-22-17(21)13-15-7-9-16(10-8-15)20-18(23)19-12-11-14-5-3-2-4-6-14/h2-10H,11-13H2,1H3,(H2,19,20,23). The highest BCUT2D eigenvalue weighted by molar-refractivity contribution is 7.80. The van der Waals surface area contributed by atoms with Crippen LogP contribution in [0.15, 0.2) is 54.6 Å². The monoisotopic (exact) mass is 328 g/mol. The largest absolute Gasteiger partial charge is 0.469 e. The van der Waals surface area contributed by atoms with Gasteiger partial charge in [0, 0.05) is 12.2 Å². The molecular formula is C18H20N2O2S. The molecule has 0 aliphatic rings. The van der Waals surface area contributed by atoms with E-state index in [9.17, 15) is 4.79 Å². The van der Waals surface area contributed by atoms with E-state index in [0.29, 0.717) is 5.11 Å². The molecule has 5 heteroatoms. The number of carbonyl (C=O) groups excluding carboxylic acids is 1. The number of hydrogen-bond acceptors (Lipinski definition) is 3. The summed E-state index contributed by atoms with van der Waals surface area (Å²) < 4.78 is 4.64. The molecule has 0 saturated carbocycles. The van der Waals surface area contributed by atoms with Crippen LogP contribution in [0.25, 0.3) is 0 Å². The molecule has 2 rings (SSSR count). The molecule has 2 N–H and O–H groups in total. The van der Waals surface area contributed by atoms with Crippen LogP contribution in [0.4, 0.5) is 5.69 Å². The third-order valence-corrected chi connectivity index (χ3v) is 3.58. The Balaban J connectivity index is 1.75. The van der Waals surface area contributed by atoms with Crippen LogP contribution in [-0.2, 0) is 22.4 Å². The smallest absolute Gasteiger partial charge is 0.309 e. The highest BCUT2D eigenvalue weighted by atomic mass is 32.1. The summed E-state index contributed by atoms with van der Waals surface area (Å²) in [7, 11) is 1.39. The van der Waals surface area contributed by atoms with Crippen molar-refractivity contribution in [3.63, 3.8) is 0 Å². The SMILES string of the molecule is COC(=O)Cc1ccc(NC(=S)NCCc2ccccc2)cc1. The number of anilines is 1. The summed E-state index contributed by atoms with van der Waals surface area (Å²) in [6, 6.07) is 17.8. The van der Waals surface area contributed by atoms with E-state index in [1.165, 1.54) is 12.7 Å². The molecule has 2 aromatic carbocycles. The van der Waals surface area contributed by atoms with Gasteiger partial charge in [0.15, 0.2) is 5.11 Å². The van der Waals surface area contributed by atoms with Crippen LogP contribution in [0, 0.1) is 0 Å². The summed E-state index contributed by atoms with van der Waals surface area (Å²) in [6.45, 7) is 0.774. The molecule has 0 bridgehead atoms. The molecule has 0 saturated heterocycles. The van der Waals surface area contributed by atoms with E-state index >= 15 is 0 Å². The zero-order valence-electron chi connectivity index (χ0n) is 13.0. The predicted octanol–water partition coefficient (Wildman–Crippen LogP) is 2.93.